The Hall–Kier alpha value is -2.63. The van der Waals surface area contributed by atoms with Gasteiger partial charge in [0.25, 0.3) is 5.79 Å². The van der Waals surface area contributed by atoms with Gasteiger partial charge in [0, 0.05) is 38.0 Å². The first-order valence-corrected chi connectivity index (χ1v) is 6.46. The molecular formula is C15H14N2O4. The highest BCUT2D eigenvalue weighted by Gasteiger charge is 2.38. The molecule has 108 valence electrons. The van der Waals surface area contributed by atoms with Crippen LogP contribution in [-0.4, -0.2) is 27.5 Å². The molecule has 6 heteroatoms. The minimum absolute atomic E-state index is 0.132. The number of fused-ring (bicyclic) bond motifs is 1. The van der Waals surface area contributed by atoms with Crippen molar-refractivity contribution in [3.8, 4) is 0 Å². The maximum absolute atomic E-state index is 11.9. The highest BCUT2D eigenvalue weighted by molar-refractivity contribution is 6.19. The fourth-order valence-corrected chi connectivity index (χ4v) is 2.24. The molecule has 0 aliphatic carbocycles. The molecule has 1 aliphatic rings. The van der Waals surface area contributed by atoms with Gasteiger partial charge in [0.2, 0.25) is 0 Å². The number of carbonyl (C=O) groups is 2. The Morgan fingerprint density at radius 2 is 1.86 bits per heavy atom. The molecule has 2 aromatic rings. The average molecular weight is 286 g/mol. The Balaban J connectivity index is 2.08. The number of benzene rings is 1. The molecule has 6 nitrogen and oxygen atoms in total. The molecule has 0 amide bonds. The number of rotatable bonds is 1. The molecule has 0 N–H and O–H groups in total. The summed E-state index contributed by atoms with van der Waals surface area (Å²) in [6.07, 6.45) is 3.31. The molecule has 0 unspecified atom stereocenters. The molecule has 1 saturated heterocycles. The molecule has 1 fully saturated rings. The van der Waals surface area contributed by atoms with Crippen LogP contribution >= 0.6 is 0 Å². The number of esters is 2. The second kappa shape index (κ2) is 4.44. The van der Waals surface area contributed by atoms with Crippen molar-refractivity contribution in [2.24, 2.45) is 7.05 Å². The molecule has 0 spiro atoms. The normalized spacial score (nSPS) is 17.6. The number of nitrogens with zero attached hydrogens (tertiary/aromatic N) is 2. The van der Waals surface area contributed by atoms with Crippen molar-refractivity contribution in [2.75, 3.05) is 0 Å². The number of ether oxygens (including phenoxy) is 2. The molecule has 0 radical (unpaired) electrons. The molecule has 1 aliphatic heterocycles. The van der Waals surface area contributed by atoms with E-state index in [0.717, 1.165) is 5.39 Å². The lowest BCUT2D eigenvalue weighted by atomic mass is 10.1. The summed E-state index contributed by atoms with van der Waals surface area (Å²) in [6.45, 7) is 3.03. The summed E-state index contributed by atoms with van der Waals surface area (Å²) in [7, 11) is 1.81. The van der Waals surface area contributed by atoms with E-state index in [2.05, 4.69) is 5.10 Å². The molecule has 3 rings (SSSR count). The van der Waals surface area contributed by atoms with Gasteiger partial charge in [-0.3, -0.25) is 4.68 Å². The summed E-state index contributed by atoms with van der Waals surface area (Å²) >= 11 is 0. The first kappa shape index (κ1) is 13.4. The van der Waals surface area contributed by atoms with Crippen LogP contribution in [0.1, 0.15) is 19.4 Å². The van der Waals surface area contributed by atoms with Gasteiger partial charge in [0.1, 0.15) is 5.57 Å². The van der Waals surface area contributed by atoms with Crippen molar-refractivity contribution >= 4 is 28.9 Å². The van der Waals surface area contributed by atoms with E-state index in [0.29, 0.717) is 11.1 Å². The lowest BCUT2D eigenvalue weighted by Crippen LogP contribution is -2.41. The number of aromatic nitrogens is 2. The van der Waals surface area contributed by atoms with Gasteiger partial charge in [-0.25, -0.2) is 9.59 Å². The van der Waals surface area contributed by atoms with Crippen LogP contribution < -0.4 is 0 Å². The van der Waals surface area contributed by atoms with Crippen LogP contribution in [0.2, 0.25) is 0 Å². The van der Waals surface area contributed by atoms with E-state index >= 15 is 0 Å². The zero-order valence-corrected chi connectivity index (χ0v) is 11.9. The predicted molar refractivity (Wildman–Crippen MR) is 75.0 cm³/mol. The molecule has 0 bridgehead atoms. The van der Waals surface area contributed by atoms with Crippen molar-refractivity contribution in [3.05, 3.63) is 35.5 Å². The Morgan fingerprint density at radius 3 is 2.52 bits per heavy atom. The lowest BCUT2D eigenvalue weighted by molar-refractivity contribution is -0.222. The molecule has 2 heterocycles. The van der Waals surface area contributed by atoms with E-state index in [-0.39, 0.29) is 5.57 Å². The van der Waals surface area contributed by atoms with Crippen LogP contribution in [-0.2, 0) is 26.1 Å². The van der Waals surface area contributed by atoms with E-state index < -0.39 is 17.7 Å². The van der Waals surface area contributed by atoms with Crippen molar-refractivity contribution in [1.82, 2.24) is 9.78 Å². The third-order valence-corrected chi connectivity index (χ3v) is 3.10. The summed E-state index contributed by atoms with van der Waals surface area (Å²) in [6, 6.07) is 5.52. The number of hydrogen-bond acceptors (Lipinski definition) is 5. The Kier molecular flexibility index (Phi) is 2.83. The highest BCUT2D eigenvalue weighted by atomic mass is 16.7. The van der Waals surface area contributed by atoms with E-state index in [9.17, 15) is 9.59 Å². The van der Waals surface area contributed by atoms with Gasteiger partial charge >= 0.3 is 11.9 Å². The van der Waals surface area contributed by atoms with Crippen molar-refractivity contribution in [2.45, 2.75) is 19.6 Å². The SMILES string of the molecule is Cn1cc2cccc(C=C3C(=O)OC(C)(C)OC3=O)c2n1. The van der Waals surface area contributed by atoms with Gasteiger partial charge in [-0.05, 0) is 6.08 Å². The molecule has 0 saturated carbocycles. The van der Waals surface area contributed by atoms with Crippen LogP contribution in [0.15, 0.2) is 30.0 Å². The first-order chi connectivity index (χ1) is 9.85. The van der Waals surface area contributed by atoms with Crippen molar-refractivity contribution in [1.29, 1.82) is 0 Å². The molecule has 21 heavy (non-hydrogen) atoms. The van der Waals surface area contributed by atoms with Crippen LogP contribution in [0.3, 0.4) is 0 Å². The summed E-state index contributed by atoms with van der Waals surface area (Å²) in [5.41, 5.74) is 1.24. The van der Waals surface area contributed by atoms with Crippen molar-refractivity contribution < 1.29 is 19.1 Å². The van der Waals surface area contributed by atoms with Crippen LogP contribution in [0.25, 0.3) is 17.0 Å². The predicted octanol–water partition coefficient (Wildman–Crippen LogP) is 1.79. The first-order valence-electron chi connectivity index (χ1n) is 6.46. The second-order valence-electron chi connectivity index (χ2n) is 5.32. The average Bonchev–Trinajstić information content (AvgIpc) is 2.73. The van der Waals surface area contributed by atoms with Crippen LogP contribution in [0, 0.1) is 0 Å². The second-order valence-corrected chi connectivity index (χ2v) is 5.32. The third kappa shape index (κ3) is 2.40. The lowest BCUT2D eigenvalue weighted by Gasteiger charge is -2.29. The third-order valence-electron chi connectivity index (χ3n) is 3.10. The largest absolute Gasteiger partial charge is 0.419 e. The van der Waals surface area contributed by atoms with Gasteiger partial charge in [0.05, 0.1) is 5.52 Å². The molecular weight excluding hydrogens is 272 g/mol. The van der Waals surface area contributed by atoms with E-state index in [1.165, 1.54) is 19.9 Å². The smallest absolute Gasteiger partial charge is 0.348 e. The molecule has 0 atom stereocenters. The topological polar surface area (TPSA) is 70.4 Å². The monoisotopic (exact) mass is 286 g/mol. The Morgan fingerprint density at radius 1 is 1.19 bits per heavy atom. The fourth-order valence-electron chi connectivity index (χ4n) is 2.24. The fraction of sp³-hybridized carbons (Fsp3) is 0.267. The quantitative estimate of drug-likeness (QED) is 0.454. The number of aryl methyl sites for hydroxylation is 1. The number of hydrogen-bond donors (Lipinski definition) is 0. The maximum Gasteiger partial charge on any atom is 0.348 e. The maximum atomic E-state index is 11.9. The number of carbonyl (C=O) groups excluding carboxylic acids is 2. The Bertz CT molecular complexity index is 764. The Labute approximate surface area is 120 Å². The minimum Gasteiger partial charge on any atom is -0.419 e. The van der Waals surface area contributed by atoms with E-state index in [1.807, 2.05) is 25.4 Å². The summed E-state index contributed by atoms with van der Waals surface area (Å²) in [4.78, 5) is 23.9. The standard InChI is InChI=1S/C15H14N2O4/c1-15(2)20-13(18)11(14(19)21-15)7-9-5-4-6-10-8-17(3)16-12(9)10/h4-8H,1-3H3. The van der Waals surface area contributed by atoms with Crippen LogP contribution in [0.5, 0.6) is 0 Å². The van der Waals surface area contributed by atoms with Crippen LogP contribution in [0.4, 0.5) is 0 Å². The molecule has 1 aromatic heterocycles. The van der Waals surface area contributed by atoms with Crippen molar-refractivity contribution in [3.63, 3.8) is 0 Å². The highest BCUT2D eigenvalue weighted by Crippen LogP contribution is 2.26. The summed E-state index contributed by atoms with van der Waals surface area (Å²) in [5, 5.41) is 5.25. The van der Waals surface area contributed by atoms with E-state index in [4.69, 9.17) is 9.47 Å². The van der Waals surface area contributed by atoms with Gasteiger partial charge < -0.3 is 9.47 Å². The minimum atomic E-state index is -1.23. The van der Waals surface area contributed by atoms with Gasteiger partial charge in [0.15, 0.2) is 0 Å². The van der Waals surface area contributed by atoms with Gasteiger partial charge in [-0.1, -0.05) is 18.2 Å². The summed E-state index contributed by atoms with van der Waals surface area (Å²) in [5.74, 6) is -2.61. The zero-order valence-electron chi connectivity index (χ0n) is 11.9. The van der Waals surface area contributed by atoms with E-state index in [1.54, 1.807) is 10.7 Å². The zero-order chi connectivity index (χ0) is 15.2. The van der Waals surface area contributed by atoms with Gasteiger partial charge in [-0.15, -0.1) is 0 Å². The number of cyclic esters (lactones) is 2. The van der Waals surface area contributed by atoms with Gasteiger partial charge in [-0.2, -0.15) is 5.10 Å². The molecule has 1 aromatic carbocycles. The summed E-state index contributed by atoms with van der Waals surface area (Å²) < 4.78 is 11.8.